The van der Waals surface area contributed by atoms with Gasteiger partial charge in [0, 0.05) is 23.8 Å². The van der Waals surface area contributed by atoms with Crippen LogP contribution in [0, 0.1) is 13.8 Å². The number of hydrogen-bond acceptors (Lipinski definition) is 4. The molecule has 1 aromatic carbocycles. The van der Waals surface area contributed by atoms with E-state index in [1.54, 1.807) is 18.5 Å². The first-order valence-corrected chi connectivity index (χ1v) is 10.8. The fraction of sp³-hybridized carbons (Fsp3) is 0.160. The van der Waals surface area contributed by atoms with E-state index in [-0.39, 0.29) is 17.8 Å². The van der Waals surface area contributed by atoms with Gasteiger partial charge in [0.1, 0.15) is 5.75 Å². The molecule has 160 valence electrons. The van der Waals surface area contributed by atoms with E-state index < -0.39 is 0 Å². The molecule has 3 aromatic heterocycles. The Bertz CT molecular complexity index is 1270. The number of anilines is 1. The largest absolute Gasteiger partial charge is 0.506 e. The zero-order valence-corrected chi connectivity index (χ0v) is 18.6. The third kappa shape index (κ3) is 3.31. The van der Waals surface area contributed by atoms with E-state index in [9.17, 15) is 5.11 Å². The molecule has 2 atom stereocenters. The lowest BCUT2D eigenvalue weighted by atomic mass is 9.96. The van der Waals surface area contributed by atoms with Crippen molar-refractivity contribution in [1.82, 2.24) is 19.9 Å². The highest BCUT2D eigenvalue weighted by Gasteiger charge is 2.43. The van der Waals surface area contributed by atoms with Crippen molar-refractivity contribution in [1.29, 1.82) is 0 Å². The molecule has 0 amide bonds. The molecule has 1 aliphatic heterocycles. The Labute approximate surface area is 192 Å². The molecule has 0 bridgehead atoms. The summed E-state index contributed by atoms with van der Waals surface area (Å²) in [7, 11) is 0. The molecule has 32 heavy (non-hydrogen) atoms. The lowest BCUT2D eigenvalue weighted by Crippen LogP contribution is -2.29. The van der Waals surface area contributed by atoms with Gasteiger partial charge in [-0.3, -0.25) is 9.97 Å². The highest BCUT2D eigenvalue weighted by atomic mass is 32.1. The summed E-state index contributed by atoms with van der Waals surface area (Å²) in [5.74, 6) is 0.185. The Morgan fingerprint density at radius 3 is 2.53 bits per heavy atom. The summed E-state index contributed by atoms with van der Waals surface area (Å²) in [4.78, 5) is 10.9. The predicted octanol–water partition coefficient (Wildman–Crippen LogP) is 4.77. The Hall–Kier alpha value is -3.71. The molecule has 1 fully saturated rings. The SMILES string of the molecule is Cc1cc([C@@H]2[C@@H](c3ccccn3)NC(=S)N2c2ccccc2O)c(C)n1-c1cccnc1. The third-order valence-electron chi connectivity index (χ3n) is 5.93. The van der Waals surface area contributed by atoms with Crippen LogP contribution in [0.25, 0.3) is 5.69 Å². The van der Waals surface area contributed by atoms with E-state index in [1.165, 1.54) is 0 Å². The van der Waals surface area contributed by atoms with E-state index in [0.29, 0.717) is 10.8 Å². The van der Waals surface area contributed by atoms with Crippen LogP contribution in [-0.2, 0) is 0 Å². The number of nitrogens with one attached hydrogen (secondary N) is 1. The lowest BCUT2D eigenvalue weighted by Gasteiger charge is -2.28. The van der Waals surface area contributed by atoms with Crippen LogP contribution in [0.2, 0.25) is 0 Å². The van der Waals surface area contributed by atoms with Gasteiger partial charge in [-0.05, 0) is 74.1 Å². The Morgan fingerprint density at radius 1 is 1.00 bits per heavy atom. The topological polar surface area (TPSA) is 66.2 Å². The zero-order chi connectivity index (χ0) is 22.2. The minimum absolute atomic E-state index is 0.175. The fourth-order valence-corrected chi connectivity index (χ4v) is 4.91. The fourth-order valence-electron chi connectivity index (χ4n) is 4.57. The van der Waals surface area contributed by atoms with Crippen LogP contribution < -0.4 is 10.2 Å². The number of rotatable bonds is 4. The summed E-state index contributed by atoms with van der Waals surface area (Å²) < 4.78 is 2.20. The van der Waals surface area contributed by atoms with Crippen molar-refractivity contribution >= 4 is 23.0 Å². The average molecular weight is 442 g/mol. The summed E-state index contributed by atoms with van der Waals surface area (Å²) >= 11 is 5.77. The molecule has 0 aliphatic carbocycles. The number of benzene rings is 1. The summed E-state index contributed by atoms with van der Waals surface area (Å²) in [6, 6.07) is 19.0. The van der Waals surface area contributed by atoms with Gasteiger partial charge in [-0.2, -0.15) is 0 Å². The van der Waals surface area contributed by atoms with Crippen LogP contribution in [0.5, 0.6) is 5.75 Å². The maximum Gasteiger partial charge on any atom is 0.174 e. The number of phenols is 1. The molecule has 0 spiro atoms. The summed E-state index contributed by atoms with van der Waals surface area (Å²) in [5.41, 5.74) is 5.86. The van der Waals surface area contributed by atoms with Crippen LogP contribution >= 0.6 is 12.2 Å². The number of nitrogens with zero attached hydrogens (tertiary/aromatic N) is 4. The highest BCUT2D eigenvalue weighted by Crippen LogP contribution is 2.45. The molecule has 4 aromatic rings. The number of hydrogen-bond donors (Lipinski definition) is 2. The third-order valence-corrected chi connectivity index (χ3v) is 6.25. The average Bonchev–Trinajstić information content (AvgIpc) is 3.30. The van der Waals surface area contributed by atoms with Gasteiger partial charge < -0.3 is 19.9 Å². The molecule has 0 radical (unpaired) electrons. The van der Waals surface area contributed by atoms with Gasteiger partial charge in [0.05, 0.1) is 35.3 Å². The molecule has 7 heteroatoms. The maximum absolute atomic E-state index is 10.7. The quantitative estimate of drug-likeness (QED) is 0.445. The van der Waals surface area contributed by atoms with Crippen molar-refractivity contribution in [3.8, 4) is 11.4 Å². The number of aromatic nitrogens is 3. The second-order valence-corrected chi connectivity index (χ2v) is 8.25. The number of phenolic OH excluding ortho intramolecular Hbond substituents is 1. The first-order valence-electron chi connectivity index (χ1n) is 10.4. The molecule has 6 nitrogen and oxygen atoms in total. The van der Waals surface area contributed by atoms with E-state index >= 15 is 0 Å². The minimum Gasteiger partial charge on any atom is -0.506 e. The molecular formula is C25H23N5OS. The van der Waals surface area contributed by atoms with Crippen molar-refractivity contribution in [2.75, 3.05) is 4.90 Å². The van der Waals surface area contributed by atoms with E-state index in [2.05, 4.69) is 39.8 Å². The Balaban J connectivity index is 1.70. The molecular weight excluding hydrogens is 418 g/mol. The lowest BCUT2D eigenvalue weighted by molar-refractivity contribution is 0.472. The number of aromatic hydroxyl groups is 1. The van der Waals surface area contributed by atoms with Crippen molar-refractivity contribution in [2.24, 2.45) is 0 Å². The van der Waals surface area contributed by atoms with Crippen molar-refractivity contribution in [3.63, 3.8) is 0 Å². The molecule has 1 aliphatic rings. The van der Waals surface area contributed by atoms with Crippen molar-refractivity contribution in [2.45, 2.75) is 25.9 Å². The van der Waals surface area contributed by atoms with Crippen LogP contribution in [0.1, 0.15) is 34.7 Å². The molecule has 4 heterocycles. The summed E-state index contributed by atoms with van der Waals surface area (Å²) in [6.07, 6.45) is 5.42. The van der Waals surface area contributed by atoms with Gasteiger partial charge in [0.2, 0.25) is 0 Å². The number of para-hydroxylation sites is 2. The van der Waals surface area contributed by atoms with Gasteiger partial charge in [-0.25, -0.2) is 0 Å². The highest BCUT2D eigenvalue weighted by molar-refractivity contribution is 7.80. The molecule has 0 unspecified atom stereocenters. The summed E-state index contributed by atoms with van der Waals surface area (Å²) in [5, 5.41) is 14.7. The molecule has 5 rings (SSSR count). The zero-order valence-electron chi connectivity index (χ0n) is 17.8. The van der Waals surface area contributed by atoms with Crippen LogP contribution in [-0.4, -0.2) is 24.8 Å². The summed E-state index contributed by atoms with van der Waals surface area (Å²) in [6.45, 7) is 4.19. The van der Waals surface area contributed by atoms with Crippen molar-refractivity contribution in [3.05, 3.63) is 102 Å². The van der Waals surface area contributed by atoms with E-state index in [0.717, 1.165) is 28.3 Å². The smallest absolute Gasteiger partial charge is 0.174 e. The van der Waals surface area contributed by atoms with Crippen molar-refractivity contribution < 1.29 is 5.11 Å². The Morgan fingerprint density at radius 2 is 1.81 bits per heavy atom. The number of aryl methyl sites for hydroxylation is 1. The van der Waals surface area contributed by atoms with Gasteiger partial charge in [0.15, 0.2) is 5.11 Å². The first kappa shape index (κ1) is 20.2. The van der Waals surface area contributed by atoms with Crippen LogP contribution in [0.15, 0.2) is 79.3 Å². The van der Waals surface area contributed by atoms with Gasteiger partial charge in [-0.15, -0.1) is 0 Å². The first-order chi connectivity index (χ1) is 15.6. The minimum atomic E-state index is -0.192. The normalized spacial score (nSPS) is 18.1. The van der Waals surface area contributed by atoms with Gasteiger partial charge >= 0.3 is 0 Å². The van der Waals surface area contributed by atoms with Crippen LogP contribution in [0.4, 0.5) is 5.69 Å². The number of pyridine rings is 2. The van der Waals surface area contributed by atoms with Gasteiger partial charge in [0.25, 0.3) is 0 Å². The second-order valence-electron chi connectivity index (χ2n) is 7.86. The Kier molecular flexibility index (Phi) is 5.11. The van der Waals surface area contributed by atoms with Crippen LogP contribution in [0.3, 0.4) is 0 Å². The second kappa shape index (κ2) is 8.09. The van der Waals surface area contributed by atoms with E-state index in [1.807, 2.05) is 59.6 Å². The predicted molar refractivity (Wildman–Crippen MR) is 129 cm³/mol. The number of thiocarbonyl (C=S) groups is 1. The van der Waals surface area contributed by atoms with E-state index in [4.69, 9.17) is 12.2 Å². The monoisotopic (exact) mass is 441 g/mol. The molecule has 2 N–H and O–H groups in total. The maximum atomic E-state index is 10.7. The molecule has 0 saturated carbocycles. The molecule has 1 saturated heterocycles. The standard InChI is InChI=1S/C25H23N5OS/c1-16-14-19(17(2)29(16)18-8-7-12-26-15-18)24-23(20-9-5-6-13-27-20)28-25(32)30(24)21-10-3-4-11-22(21)31/h3-15,23-24,31H,1-2H3,(H,28,32)/t23-,24-/m1/s1. The van der Waals surface area contributed by atoms with Gasteiger partial charge in [-0.1, -0.05) is 18.2 Å².